The Morgan fingerprint density at radius 2 is 2.36 bits per heavy atom. The molecule has 11 heavy (non-hydrogen) atoms. The molecule has 0 bridgehead atoms. The van der Waals surface area contributed by atoms with Crippen molar-refractivity contribution < 1.29 is 0 Å². The van der Waals surface area contributed by atoms with Gasteiger partial charge in [0.1, 0.15) is 5.52 Å². The van der Waals surface area contributed by atoms with Crippen LogP contribution in [-0.2, 0) is 0 Å². The minimum Gasteiger partial charge on any atom is -0.322 e. The number of nitrogens with one attached hydrogen (secondary N) is 1. The monoisotopic (exact) mass is 166 g/mol. The molecule has 0 atom stereocenters. The van der Waals surface area contributed by atoms with Crippen molar-refractivity contribution in [2.24, 2.45) is 5.84 Å². The summed E-state index contributed by atoms with van der Waals surface area (Å²) in [6, 6.07) is 5.74. The van der Waals surface area contributed by atoms with Crippen LogP contribution >= 0.6 is 11.5 Å². The maximum atomic E-state index is 5.26. The first kappa shape index (κ1) is 6.51. The maximum Gasteiger partial charge on any atom is 0.130 e. The predicted molar refractivity (Wildman–Crippen MR) is 45.2 cm³/mol. The molecule has 0 radical (unpaired) electrons. The first-order valence-corrected chi connectivity index (χ1v) is 3.87. The van der Waals surface area contributed by atoms with E-state index in [0.29, 0.717) is 0 Å². The van der Waals surface area contributed by atoms with Crippen LogP contribution in [0.15, 0.2) is 18.2 Å². The summed E-state index contributed by atoms with van der Waals surface area (Å²) in [6.07, 6.45) is 0. The standard InChI is InChI=1S/C6H6N4S/c7-8-4-2-1-3-5-6(4)9-10-11-5/h1-3,8H,7H2. The molecule has 0 saturated heterocycles. The van der Waals surface area contributed by atoms with Crippen molar-refractivity contribution in [1.29, 1.82) is 0 Å². The number of nitrogens with zero attached hydrogens (tertiary/aromatic N) is 2. The van der Waals surface area contributed by atoms with Gasteiger partial charge in [-0.15, -0.1) is 5.10 Å². The van der Waals surface area contributed by atoms with E-state index in [1.165, 1.54) is 11.5 Å². The Kier molecular flexibility index (Phi) is 1.45. The molecule has 56 valence electrons. The number of hydrazine groups is 1. The van der Waals surface area contributed by atoms with Gasteiger partial charge in [0.2, 0.25) is 0 Å². The van der Waals surface area contributed by atoms with E-state index in [0.717, 1.165) is 15.9 Å². The van der Waals surface area contributed by atoms with Crippen LogP contribution in [0.1, 0.15) is 0 Å². The summed E-state index contributed by atoms with van der Waals surface area (Å²) in [7, 11) is 0. The summed E-state index contributed by atoms with van der Waals surface area (Å²) in [4.78, 5) is 0. The Morgan fingerprint density at radius 3 is 3.18 bits per heavy atom. The Hall–Kier alpha value is -1.20. The molecular formula is C6H6N4S. The normalized spacial score (nSPS) is 10.3. The fourth-order valence-corrected chi connectivity index (χ4v) is 1.51. The first-order valence-electron chi connectivity index (χ1n) is 3.09. The molecule has 4 nitrogen and oxygen atoms in total. The Bertz CT molecular complexity index is 369. The third-order valence-electron chi connectivity index (χ3n) is 1.43. The molecule has 0 fully saturated rings. The van der Waals surface area contributed by atoms with Gasteiger partial charge in [-0.1, -0.05) is 10.6 Å². The third-order valence-corrected chi connectivity index (χ3v) is 2.12. The summed E-state index contributed by atoms with van der Waals surface area (Å²) in [5.41, 5.74) is 4.21. The largest absolute Gasteiger partial charge is 0.322 e. The minimum atomic E-state index is 0.816. The third kappa shape index (κ3) is 0.941. The van der Waals surface area contributed by atoms with Gasteiger partial charge < -0.3 is 5.43 Å². The number of rotatable bonds is 1. The van der Waals surface area contributed by atoms with Gasteiger partial charge in [-0.25, -0.2) is 0 Å². The zero-order valence-corrected chi connectivity index (χ0v) is 6.43. The van der Waals surface area contributed by atoms with Crippen molar-refractivity contribution in [2.75, 3.05) is 5.43 Å². The van der Waals surface area contributed by atoms with Crippen molar-refractivity contribution in [3.8, 4) is 0 Å². The molecule has 0 saturated carbocycles. The average Bonchev–Trinajstić information content (AvgIpc) is 2.50. The number of aromatic nitrogens is 2. The molecular weight excluding hydrogens is 160 g/mol. The van der Waals surface area contributed by atoms with Crippen molar-refractivity contribution in [3.63, 3.8) is 0 Å². The summed E-state index contributed by atoms with van der Waals surface area (Å²) >= 11 is 1.36. The average molecular weight is 166 g/mol. The van der Waals surface area contributed by atoms with Crippen LogP contribution in [0.4, 0.5) is 5.69 Å². The van der Waals surface area contributed by atoms with E-state index >= 15 is 0 Å². The molecule has 2 rings (SSSR count). The van der Waals surface area contributed by atoms with E-state index in [2.05, 4.69) is 15.0 Å². The smallest absolute Gasteiger partial charge is 0.130 e. The number of benzene rings is 1. The van der Waals surface area contributed by atoms with E-state index in [1.54, 1.807) is 0 Å². The molecule has 1 aromatic carbocycles. The van der Waals surface area contributed by atoms with Crippen LogP contribution in [0.5, 0.6) is 0 Å². The van der Waals surface area contributed by atoms with Crippen molar-refractivity contribution in [3.05, 3.63) is 18.2 Å². The molecule has 2 aromatic rings. The molecule has 0 amide bonds. The van der Waals surface area contributed by atoms with E-state index in [9.17, 15) is 0 Å². The summed E-state index contributed by atoms with van der Waals surface area (Å²) in [5, 5.41) is 3.92. The lowest BCUT2D eigenvalue weighted by atomic mass is 10.3. The predicted octanol–water partition coefficient (Wildman–Crippen LogP) is 0.977. The zero-order valence-electron chi connectivity index (χ0n) is 5.61. The van der Waals surface area contributed by atoms with E-state index in [4.69, 9.17) is 5.84 Å². The van der Waals surface area contributed by atoms with Crippen LogP contribution in [0.2, 0.25) is 0 Å². The summed E-state index contributed by atoms with van der Waals surface area (Å²) < 4.78 is 4.85. The second-order valence-corrected chi connectivity index (χ2v) is 2.86. The van der Waals surface area contributed by atoms with Crippen LogP contribution < -0.4 is 11.3 Å². The number of hydrogen-bond donors (Lipinski definition) is 2. The second-order valence-electron chi connectivity index (χ2n) is 2.07. The number of anilines is 1. The number of fused-ring (bicyclic) bond motifs is 1. The zero-order chi connectivity index (χ0) is 7.68. The molecule has 5 heteroatoms. The van der Waals surface area contributed by atoms with E-state index < -0.39 is 0 Å². The Morgan fingerprint density at radius 1 is 1.45 bits per heavy atom. The van der Waals surface area contributed by atoms with Gasteiger partial charge in [0.25, 0.3) is 0 Å². The van der Waals surface area contributed by atoms with Gasteiger partial charge in [-0.05, 0) is 23.7 Å². The molecule has 0 aliphatic heterocycles. The topological polar surface area (TPSA) is 63.8 Å². The van der Waals surface area contributed by atoms with Gasteiger partial charge >= 0.3 is 0 Å². The fraction of sp³-hybridized carbons (Fsp3) is 0. The minimum absolute atomic E-state index is 0.816. The number of nitrogens with two attached hydrogens (primary N) is 1. The number of nitrogen functional groups attached to an aromatic ring is 1. The molecule has 0 spiro atoms. The second kappa shape index (κ2) is 2.44. The lowest BCUT2D eigenvalue weighted by molar-refractivity contribution is 1.19. The highest BCUT2D eigenvalue weighted by Gasteiger charge is 2.01. The SMILES string of the molecule is NNc1cccc2snnc12. The van der Waals surface area contributed by atoms with Gasteiger partial charge in [-0.2, -0.15) is 0 Å². The highest BCUT2D eigenvalue weighted by molar-refractivity contribution is 7.13. The van der Waals surface area contributed by atoms with E-state index in [1.807, 2.05) is 18.2 Å². The van der Waals surface area contributed by atoms with Crippen LogP contribution in [0, 0.1) is 0 Å². The van der Waals surface area contributed by atoms with Gasteiger partial charge in [-0.3, -0.25) is 5.84 Å². The maximum absolute atomic E-state index is 5.26. The molecule has 1 aromatic heterocycles. The van der Waals surface area contributed by atoms with Crippen molar-refractivity contribution in [2.45, 2.75) is 0 Å². The quantitative estimate of drug-likeness (QED) is 0.489. The fourth-order valence-electron chi connectivity index (χ4n) is 0.921. The molecule has 0 aliphatic carbocycles. The van der Waals surface area contributed by atoms with E-state index in [-0.39, 0.29) is 0 Å². The van der Waals surface area contributed by atoms with Gasteiger partial charge in [0, 0.05) is 0 Å². The molecule has 0 unspecified atom stereocenters. The lowest BCUT2D eigenvalue weighted by Crippen LogP contribution is -2.06. The number of hydrogen-bond acceptors (Lipinski definition) is 5. The molecule has 0 aliphatic rings. The van der Waals surface area contributed by atoms with Crippen LogP contribution in [0.25, 0.3) is 10.2 Å². The van der Waals surface area contributed by atoms with Crippen molar-refractivity contribution in [1.82, 2.24) is 9.59 Å². The lowest BCUT2D eigenvalue weighted by Gasteiger charge is -1.96. The molecule has 1 heterocycles. The van der Waals surface area contributed by atoms with Crippen molar-refractivity contribution >= 4 is 27.4 Å². The van der Waals surface area contributed by atoms with Crippen LogP contribution in [-0.4, -0.2) is 9.59 Å². The molecule has 3 N–H and O–H groups in total. The summed E-state index contributed by atoms with van der Waals surface area (Å²) in [6.45, 7) is 0. The van der Waals surface area contributed by atoms with Crippen LogP contribution in [0.3, 0.4) is 0 Å². The Balaban J connectivity index is 2.79. The van der Waals surface area contributed by atoms with Gasteiger partial charge in [0.15, 0.2) is 0 Å². The highest BCUT2D eigenvalue weighted by Crippen LogP contribution is 2.21. The highest BCUT2D eigenvalue weighted by atomic mass is 32.1. The first-order chi connectivity index (χ1) is 5.42. The van der Waals surface area contributed by atoms with Gasteiger partial charge in [0.05, 0.1) is 10.4 Å². The Labute approximate surface area is 67.2 Å². The summed E-state index contributed by atoms with van der Waals surface area (Å²) in [5.74, 6) is 5.26.